The van der Waals surface area contributed by atoms with Crippen molar-refractivity contribution in [1.29, 1.82) is 0 Å². The first kappa shape index (κ1) is 22.8. The quantitative estimate of drug-likeness (QED) is 0.352. The average molecular weight is 494 g/mol. The molecule has 11 heteroatoms. The Morgan fingerprint density at radius 1 is 1.30 bits per heavy atom. The summed E-state index contributed by atoms with van der Waals surface area (Å²) < 4.78 is 21.6. The van der Waals surface area contributed by atoms with E-state index >= 15 is 0 Å². The van der Waals surface area contributed by atoms with Gasteiger partial charge in [-0.3, -0.25) is 4.57 Å². The van der Waals surface area contributed by atoms with Crippen molar-refractivity contribution >= 4 is 40.3 Å². The Morgan fingerprint density at radius 2 is 2.06 bits per heavy atom. The van der Waals surface area contributed by atoms with Crippen molar-refractivity contribution in [3.05, 3.63) is 41.7 Å². The molecule has 0 radical (unpaired) electrons. The maximum atomic E-state index is 14.0. The van der Waals surface area contributed by atoms with Crippen LogP contribution in [-0.4, -0.2) is 59.3 Å². The molecule has 3 heterocycles. The number of ether oxygens (including phenoxy) is 1. The van der Waals surface area contributed by atoms with Gasteiger partial charge in [-0.1, -0.05) is 25.0 Å². The van der Waals surface area contributed by atoms with Gasteiger partial charge in [0.1, 0.15) is 17.5 Å². The molecule has 1 aliphatic carbocycles. The second-order valence-electron chi connectivity index (χ2n) is 8.73. The number of benzene rings is 1. The van der Waals surface area contributed by atoms with Crippen molar-refractivity contribution in [2.45, 2.75) is 67.6 Å². The van der Waals surface area contributed by atoms with Crippen molar-refractivity contribution in [3.63, 3.8) is 0 Å². The van der Waals surface area contributed by atoms with E-state index in [-0.39, 0.29) is 16.9 Å². The number of anilines is 1. The average Bonchev–Trinajstić information content (AvgIpc) is 3.48. The number of halogens is 2. The molecule has 1 saturated heterocycles. The van der Waals surface area contributed by atoms with Gasteiger partial charge in [0, 0.05) is 16.7 Å². The van der Waals surface area contributed by atoms with Crippen LogP contribution in [0.25, 0.3) is 11.2 Å². The van der Waals surface area contributed by atoms with Crippen LogP contribution in [0.3, 0.4) is 0 Å². The van der Waals surface area contributed by atoms with Crippen LogP contribution in [0.1, 0.15) is 38.8 Å². The maximum Gasteiger partial charge on any atom is 0.226 e. The maximum absolute atomic E-state index is 14.0. The predicted octanol–water partition coefficient (Wildman–Crippen LogP) is 3.77. The predicted molar refractivity (Wildman–Crippen MR) is 124 cm³/mol. The van der Waals surface area contributed by atoms with E-state index in [1.807, 2.05) is 0 Å². The molecular formula is C22H25ClFN5O3S. The summed E-state index contributed by atoms with van der Waals surface area (Å²) in [4.78, 5) is 13.5. The first-order valence-electron chi connectivity index (χ1n) is 10.9. The number of imidazole rings is 1. The third-order valence-corrected chi connectivity index (χ3v) is 7.64. The molecular weight excluding hydrogens is 469 g/mol. The minimum Gasteiger partial charge on any atom is -0.387 e. The molecule has 2 aliphatic rings. The van der Waals surface area contributed by atoms with Crippen molar-refractivity contribution in [2.75, 3.05) is 11.1 Å². The molecule has 1 saturated carbocycles. The molecule has 4 atom stereocenters. The normalized spacial score (nSPS) is 28.1. The van der Waals surface area contributed by atoms with E-state index in [4.69, 9.17) is 16.3 Å². The fourth-order valence-electron chi connectivity index (χ4n) is 4.54. The lowest BCUT2D eigenvalue weighted by atomic mass is 9.97. The van der Waals surface area contributed by atoms with E-state index in [0.29, 0.717) is 27.9 Å². The molecule has 176 valence electrons. The highest BCUT2D eigenvalue weighted by Crippen LogP contribution is 2.41. The molecule has 0 spiro atoms. The van der Waals surface area contributed by atoms with Gasteiger partial charge in [0.15, 0.2) is 23.2 Å². The van der Waals surface area contributed by atoms with E-state index in [2.05, 4.69) is 20.3 Å². The highest BCUT2D eigenvalue weighted by atomic mass is 35.5. The Hall–Kier alpha value is -1.98. The molecule has 0 bridgehead atoms. The van der Waals surface area contributed by atoms with Crippen molar-refractivity contribution in [3.8, 4) is 0 Å². The number of thioether (sulfide) groups is 1. The molecule has 3 N–H and O–H groups in total. The lowest BCUT2D eigenvalue weighted by Crippen LogP contribution is -2.44. The molecule has 2 aromatic heterocycles. The zero-order chi connectivity index (χ0) is 23.2. The Morgan fingerprint density at radius 3 is 2.82 bits per heavy atom. The van der Waals surface area contributed by atoms with Crippen LogP contribution in [0, 0.1) is 5.82 Å². The van der Waals surface area contributed by atoms with Crippen LogP contribution in [0.4, 0.5) is 10.2 Å². The summed E-state index contributed by atoms with van der Waals surface area (Å²) in [6, 6.07) is 6.71. The number of rotatable bonds is 6. The SMILES string of the molecule is C[C@@]1(O)[C@H](O)[C@@H](CSc2ccccc2F)O[C@H]1n1cnc2c(NC3CCCC3)nc(Cl)nc21. The minimum atomic E-state index is -1.63. The highest BCUT2D eigenvalue weighted by Gasteiger charge is 2.53. The van der Waals surface area contributed by atoms with Crippen molar-refractivity contribution in [1.82, 2.24) is 19.5 Å². The van der Waals surface area contributed by atoms with Gasteiger partial charge in [-0.15, -0.1) is 11.8 Å². The van der Waals surface area contributed by atoms with E-state index in [1.54, 1.807) is 22.8 Å². The zero-order valence-corrected chi connectivity index (χ0v) is 19.6. The highest BCUT2D eigenvalue weighted by molar-refractivity contribution is 7.99. The standard InChI is InChI=1S/C22H25ClFN5O3S/c1-22(31)17(30)14(10-33-15-9-5-4-8-13(15)24)32-20(22)29-11-25-16-18(26-12-6-2-3-7-12)27-21(23)28-19(16)29/h4-5,8-9,11-12,14,17,20,30-31H,2-3,6-7,10H2,1H3,(H,26,27,28)/t14-,17-,20-,22-/m1/s1. The number of fused-ring (bicyclic) bond motifs is 1. The summed E-state index contributed by atoms with van der Waals surface area (Å²) in [5.74, 6) is 0.457. The monoisotopic (exact) mass is 493 g/mol. The topological polar surface area (TPSA) is 105 Å². The molecule has 8 nitrogen and oxygen atoms in total. The molecule has 0 amide bonds. The Balaban J connectivity index is 1.41. The van der Waals surface area contributed by atoms with Crippen LogP contribution < -0.4 is 5.32 Å². The number of nitrogens with zero attached hydrogens (tertiary/aromatic N) is 4. The van der Waals surface area contributed by atoms with Gasteiger partial charge in [-0.05, 0) is 43.5 Å². The van der Waals surface area contributed by atoms with Gasteiger partial charge in [0.2, 0.25) is 5.28 Å². The van der Waals surface area contributed by atoms with Crippen LogP contribution in [0.2, 0.25) is 5.28 Å². The Kier molecular flexibility index (Phi) is 6.21. The first-order chi connectivity index (χ1) is 15.8. The zero-order valence-electron chi connectivity index (χ0n) is 18.0. The van der Waals surface area contributed by atoms with Crippen molar-refractivity contribution < 1.29 is 19.3 Å². The fraction of sp³-hybridized carbons (Fsp3) is 0.500. The summed E-state index contributed by atoms with van der Waals surface area (Å²) in [5.41, 5.74) is -0.718. The number of aliphatic hydroxyl groups is 2. The molecule has 33 heavy (non-hydrogen) atoms. The van der Waals surface area contributed by atoms with Gasteiger partial charge in [0.25, 0.3) is 0 Å². The lowest BCUT2D eigenvalue weighted by Gasteiger charge is -2.27. The number of aromatic nitrogens is 4. The second kappa shape index (κ2) is 8.99. The summed E-state index contributed by atoms with van der Waals surface area (Å²) >= 11 is 7.43. The number of nitrogens with one attached hydrogen (secondary N) is 1. The second-order valence-corrected chi connectivity index (χ2v) is 10.1. The third kappa shape index (κ3) is 4.30. The minimum absolute atomic E-state index is 0.0505. The molecule has 3 aromatic rings. The summed E-state index contributed by atoms with van der Waals surface area (Å²) in [5, 5.41) is 25.4. The van der Waals surface area contributed by atoms with E-state index in [0.717, 1.165) is 25.7 Å². The number of hydrogen-bond donors (Lipinski definition) is 3. The number of hydrogen-bond acceptors (Lipinski definition) is 8. The molecule has 5 rings (SSSR count). The smallest absolute Gasteiger partial charge is 0.226 e. The fourth-order valence-corrected chi connectivity index (χ4v) is 5.69. The van der Waals surface area contributed by atoms with Crippen LogP contribution in [0.15, 0.2) is 35.5 Å². The van der Waals surface area contributed by atoms with Gasteiger partial charge in [-0.25, -0.2) is 9.37 Å². The van der Waals surface area contributed by atoms with Gasteiger partial charge >= 0.3 is 0 Å². The summed E-state index contributed by atoms with van der Waals surface area (Å²) in [7, 11) is 0. The van der Waals surface area contributed by atoms with E-state index in [9.17, 15) is 14.6 Å². The Bertz CT molecular complexity index is 1160. The molecule has 2 fully saturated rings. The Labute approximate surface area is 199 Å². The first-order valence-corrected chi connectivity index (χ1v) is 12.3. The van der Waals surface area contributed by atoms with Gasteiger partial charge in [0.05, 0.1) is 12.4 Å². The largest absolute Gasteiger partial charge is 0.387 e. The van der Waals surface area contributed by atoms with E-state index < -0.39 is 24.0 Å². The molecule has 1 aliphatic heterocycles. The van der Waals surface area contributed by atoms with Crippen LogP contribution >= 0.6 is 23.4 Å². The summed E-state index contributed by atoms with van der Waals surface area (Å²) in [6.45, 7) is 1.50. The van der Waals surface area contributed by atoms with Gasteiger partial charge < -0.3 is 20.3 Å². The van der Waals surface area contributed by atoms with Crippen LogP contribution in [0.5, 0.6) is 0 Å². The van der Waals surface area contributed by atoms with Crippen molar-refractivity contribution in [2.24, 2.45) is 0 Å². The van der Waals surface area contributed by atoms with Crippen LogP contribution in [-0.2, 0) is 4.74 Å². The lowest BCUT2D eigenvalue weighted by molar-refractivity contribution is -0.0935. The van der Waals surface area contributed by atoms with E-state index in [1.165, 1.54) is 31.1 Å². The molecule has 0 unspecified atom stereocenters. The third-order valence-electron chi connectivity index (χ3n) is 6.34. The molecule has 1 aromatic carbocycles. The van der Waals surface area contributed by atoms with Gasteiger partial charge in [-0.2, -0.15) is 9.97 Å². The summed E-state index contributed by atoms with van der Waals surface area (Å²) in [6.07, 6.45) is 3.04. The number of aliphatic hydroxyl groups excluding tert-OH is 1.